The molecule has 1 aliphatic rings. The van der Waals surface area contributed by atoms with E-state index in [9.17, 15) is 0 Å². The molecule has 2 rings (SSSR count). The van der Waals surface area contributed by atoms with Gasteiger partial charge in [0.25, 0.3) is 0 Å². The number of nitrogens with one attached hydrogen (secondary N) is 1. The Bertz CT molecular complexity index is 414. The van der Waals surface area contributed by atoms with Crippen molar-refractivity contribution in [2.45, 2.75) is 19.8 Å². The maximum absolute atomic E-state index is 5.89. The van der Waals surface area contributed by atoms with Crippen molar-refractivity contribution < 1.29 is 0 Å². The van der Waals surface area contributed by atoms with Gasteiger partial charge in [-0.25, -0.2) is 0 Å². The monoisotopic (exact) mass is 253 g/mol. The van der Waals surface area contributed by atoms with Gasteiger partial charge >= 0.3 is 0 Å². The van der Waals surface area contributed by atoms with E-state index >= 15 is 0 Å². The third-order valence-electron chi connectivity index (χ3n) is 2.53. The first kappa shape index (κ1) is 12.1. The van der Waals surface area contributed by atoms with Crippen molar-refractivity contribution in [2.24, 2.45) is 0 Å². The van der Waals surface area contributed by atoms with Crippen molar-refractivity contribution in [1.82, 2.24) is 15.0 Å². The Kier molecular flexibility index (Phi) is 3.78. The molecular weight excluding hydrogens is 238 g/mol. The topological polar surface area (TPSA) is 53.9 Å². The fourth-order valence-electron chi connectivity index (χ4n) is 1.71. The maximum atomic E-state index is 5.89. The number of aromatic nitrogens is 3. The highest BCUT2D eigenvalue weighted by Crippen LogP contribution is 2.18. The van der Waals surface area contributed by atoms with E-state index in [4.69, 9.17) is 11.6 Å². The molecular formula is C11H16ClN5. The van der Waals surface area contributed by atoms with Crippen molar-refractivity contribution in [2.75, 3.05) is 29.9 Å². The third kappa shape index (κ3) is 3.30. The van der Waals surface area contributed by atoms with E-state index in [1.54, 1.807) is 0 Å². The van der Waals surface area contributed by atoms with E-state index in [-0.39, 0.29) is 5.28 Å². The average molecular weight is 254 g/mol. The van der Waals surface area contributed by atoms with Crippen molar-refractivity contribution in [3.8, 4) is 0 Å². The summed E-state index contributed by atoms with van der Waals surface area (Å²) >= 11 is 5.89. The van der Waals surface area contributed by atoms with Crippen molar-refractivity contribution in [3.05, 3.63) is 17.4 Å². The zero-order valence-corrected chi connectivity index (χ0v) is 10.7. The first-order valence-corrected chi connectivity index (χ1v) is 6.08. The van der Waals surface area contributed by atoms with Crippen LogP contribution >= 0.6 is 11.6 Å². The number of nitrogens with zero attached hydrogens (tertiary/aromatic N) is 4. The standard InChI is InChI=1S/C11H16ClN5/c1-8(2)7-13-10-14-9(12)15-11(16-10)17-5-3-4-6-17/h1,3-7H2,2H3,(H,13,14,15,16). The summed E-state index contributed by atoms with van der Waals surface area (Å²) in [6.07, 6.45) is 2.36. The van der Waals surface area contributed by atoms with Gasteiger partial charge in [-0.1, -0.05) is 12.2 Å². The van der Waals surface area contributed by atoms with Crippen LogP contribution in [0, 0.1) is 0 Å². The Balaban J connectivity index is 2.13. The van der Waals surface area contributed by atoms with E-state index in [0.717, 1.165) is 18.7 Å². The van der Waals surface area contributed by atoms with Gasteiger partial charge in [-0.15, -0.1) is 0 Å². The Morgan fingerprint density at radius 3 is 2.71 bits per heavy atom. The van der Waals surface area contributed by atoms with E-state index in [2.05, 4.69) is 31.7 Å². The Morgan fingerprint density at radius 1 is 1.35 bits per heavy atom. The van der Waals surface area contributed by atoms with Crippen LogP contribution in [0.25, 0.3) is 0 Å². The van der Waals surface area contributed by atoms with Crippen LogP contribution in [0.15, 0.2) is 12.2 Å². The molecule has 0 unspecified atom stereocenters. The largest absolute Gasteiger partial charge is 0.350 e. The number of rotatable bonds is 4. The molecule has 0 aliphatic carbocycles. The number of hydrogen-bond donors (Lipinski definition) is 1. The molecule has 1 aliphatic heterocycles. The average Bonchev–Trinajstić information content (AvgIpc) is 2.79. The molecule has 2 heterocycles. The predicted octanol–water partition coefficient (Wildman–Crippen LogP) is 2.11. The smallest absolute Gasteiger partial charge is 0.231 e. The van der Waals surface area contributed by atoms with Gasteiger partial charge in [0.15, 0.2) is 0 Å². The first-order valence-electron chi connectivity index (χ1n) is 5.70. The first-order chi connectivity index (χ1) is 8.15. The van der Waals surface area contributed by atoms with Gasteiger partial charge in [-0.05, 0) is 31.4 Å². The lowest BCUT2D eigenvalue weighted by atomic mass is 10.3. The zero-order valence-electron chi connectivity index (χ0n) is 9.91. The van der Waals surface area contributed by atoms with Crippen molar-refractivity contribution >= 4 is 23.5 Å². The molecule has 0 aromatic carbocycles. The highest BCUT2D eigenvalue weighted by molar-refractivity contribution is 6.28. The lowest BCUT2D eigenvalue weighted by Crippen LogP contribution is -2.21. The van der Waals surface area contributed by atoms with Crippen LogP contribution in [0.4, 0.5) is 11.9 Å². The van der Waals surface area contributed by atoms with E-state index in [1.165, 1.54) is 12.8 Å². The van der Waals surface area contributed by atoms with Crippen molar-refractivity contribution in [1.29, 1.82) is 0 Å². The number of anilines is 2. The summed E-state index contributed by atoms with van der Waals surface area (Å²) in [6.45, 7) is 8.37. The summed E-state index contributed by atoms with van der Waals surface area (Å²) in [6, 6.07) is 0. The predicted molar refractivity (Wildman–Crippen MR) is 69.6 cm³/mol. The van der Waals surface area contributed by atoms with Crippen molar-refractivity contribution in [3.63, 3.8) is 0 Å². The fourth-order valence-corrected chi connectivity index (χ4v) is 1.86. The Labute approximate surface area is 106 Å². The number of hydrogen-bond acceptors (Lipinski definition) is 5. The molecule has 0 spiro atoms. The van der Waals surface area contributed by atoms with Gasteiger partial charge < -0.3 is 10.2 Å². The molecule has 1 fully saturated rings. The summed E-state index contributed by atoms with van der Waals surface area (Å²) in [7, 11) is 0. The second kappa shape index (κ2) is 5.31. The molecule has 1 aromatic rings. The fraction of sp³-hybridized carbons (Fsp3) is 0.545. The van der Waals surface area contributed by atoms with Crippen LogP contribution in [0.1, 0.15) is 19.8 Å². The van der Waals surface area contributed by atoms with E-state index in [0.29, 0.717) is 18.4 Å². The maximum Gasteiger partial charge on any atom is 0.231 e. The SMILES string of the molecule is C=C(C)CNc1nc(Cl)nc(N2CCCC2)n1. The van der Waals surface area contributed by atoms with Crippen LogP contribution in [-0.2, 0) is 0 Å². The minimum absolute atomic E-state index is 0.228. The van der Waals surface area contributed by atoms with Gasteiger partial charge in [0.2, 0.25) is 17.2 Å². The van der Waals surface area contributed by atoms with Gasteiger partial charge in [-0.3, -0.25) is 0 Å². The molecule has 5 nitrogen and oxygen atoms in total. The van der Waals surface area contributed by atoms with Crippen LogP contribution < -0.4 is 10.2 Å². The van der Waals surface area contributed by atoms with Crippen LogP contribution in [-0.4, -0.2) is 34.6 Å². The summed E-state index contributed by atoms with van der Waals surface area (Å²) < 4.78 is 0. The zero-order chi connectivity index (χ0) is 12.3. The molecule has 0 radical (unpaired) electrons. The summed E-state index contributed by atoms with van der Waals surface area (Å²) in [5, 5.41) is 3.30. The molecule has 92 valence electrons. The molecule has 1 N–H and O–H groups in total. The quantitative estimate of drug-likeness (QED) is 0.833. The van der Waals surface area contributed by atoms with E-state index < -0.39 is 0 Å². The summed E-state index contributed by atoms with van der Waals surface area (Å²) in [5.74, 6) is 1.17. The lowest BCUT2D eigenvalue weighted by Gasteiger charge is -2.15. The molecule has 1 aromatic heterocycles. The number of halogens is 1. The molecule has 0 saturated carbocycles. The van der Waals surface area contributed by atoms with Gasteiger partial charge in [0, 0.05) is 19.6 Å². The Hall–Kier alpha value is -1.36. The van der Waals surface area contributed by atoms with Crippen LogP contribution in [0.5, 0.6) is 0 Å². The van der Waals surface area contributed by atoms with Crippen LogP contribution in [0.2, 0.25) is 5.28 Å². The molecule has 0 bridgehead atoms. The molecule has 17 heavy (non-hydrogen) atoms. The normalized spacial score (nSPS) is 15.1. The van der Waals surface area contributed by atoms with Crippen LogP contribution in [0.3, 0.4) is 0 Å². The van der Waals surface area contributed by atoms with Gasteiger partial charge in [-0.2, -0.15) is 15.0 Å². The lowest BCUT2D eigenvalue weighted by molar-refractivity contribution is 0.879. The second-order valence-corrected chi connectivity index (χ2v) is 4.57. The highest BCUT2D eigenvalue weighted by Gasteiger charge is 2.16. The Morgan fingerprint density at radius 2 is 2.06 bits per heavy atom. The van der Waals surface area contributed by atoms with Gasteiger partial charge in [0.1, 0.15) is 0 Å². The summed E-state index contributed by atoms with van der Waals surface area (Å²) in [5.41, 5.74) is 1.02. The molecule has 0 amide bonds. The van der Waals surface area contributed by atoms with E-state index in [1.807, 2.05) is 6.92 Å². The highest BCUT2D eigenvalue weighted by atomic mass is 35.5. The third-order valence-corrected chi connectivity index (χ3v) is 2.70. The molecule has 6 heteroatoms. The molecule has 0 atom stereocenters. The second-order valence-electron chi connectivity index (χ2n) is 4.23. The van der Waals surface area contributed by atoms with Gasteiger partial charge in [0.05, 0.1) is 0 Å². The minimum atomic E-state index is 0.228. The summed E-state index contributed by atoms with van der Waals surface area (Å²) in [4.78, 5) is 14.7. The minimum Gasteiger partial charge on any atom is -0.350 e. The molecule has 1 saturated heterocycles.